The van der Waals surface area contributed by atoms with Gasteiger partial charge in [0.15, 0.2) is 12.4 Å². The highest BCUT2D eigenvalue weighted by Gasteiger charge is 2.12. The Labute approximate surface area is 182 Å². The number of hydrogen-bond donors (Lipinski definition) is 1. The molecule has 1 fully saturated rings. The van der Waals surface area contributed by atoms with Crippen LogP contribution in [0.3, 0.4) is 0 Å². The minimum absolute atomic E-state index is 0.213. The van der Waals surface area contributed by atoms with Crippen molar-refractivity contribution in [1.82, 2.24) is 14.7 Å². The lowest BCUT2D eigenvalue weighted by Gasteiger charge is -2.26. The molecule has 2 aromatic carbocycles. The highest BCUT2D eigenvalue weighted by Crippen LogP contribution is 2.18. The highest BCUT2D eigenvalue weighted by molar-refractivity contribution is 6.02. The molecule has 1 aromatic heterocycles. The number of nitrogens with zero attached hydrogens (tertiary/aromatic N) is 3. The van der Waals surface area contributed by atoms with Crippen LogP contribution in [-0.2, 0) is 13.3 Å². The van der Waals surface area contributed by atoms with Crippen LogP contribution in [-0.4, -0.2) is 40.8 Å². The topological polar surface area (TPSA) is 68.6 Å². The van der Waals surface area contributed by atoms with Crippen molar-refractivity contribution in [2.75, 3.05) is 25.5 Å². The van der Waals surface area contributed by atoms with Gasteiger partial charge in [0.1, 0.15) is 11.5 Å². The van der Waals surface area contributed by atoms with Gasteiger partial charge >= 0.3 is 0 Å². The first-order valence-corrected chi connectivity index (χ1v) is 10.6. The van der Waals surface area contributed by atoms with Crippen LogP contribution in [0.4, 0.5) is 5.69 Å². The van der Waals surface area contributed by atoms with Crippen molar-refractivity contribution >= 4 is 11.6 Å². The first-order chi connectivity index (χ1) is 15.2. The van der Waals surface area contributed by atoms with Crippen LogP contribution in [0.2, 0.25) is 0 Å². The quantitative estimate of drug-likeness (QED) is 0.592. The molecular weight excluding hydrogens is 392 g/mol. The Hall–Kier alpha value is -3.32. The fraction of sp³-hybridized carbons (Fsp3) is 0.333. The Morgan fingerprint density at radius 2 is 1.68 bits per heavy atom. The van der Waals surface area contributed by atoms with Gasteiger partial charge in [0.2, 0.25) is 0 Å². The van der Waals surface area contributed by atoms with E-state index in [9.17, 15) is 4.79 Å². The van der Waals surface area contributed by atoms with Gasteiger partial charge in [0.05, 0.1) is 7.11 Å². The predicted octanol–water partition coefficient (Wildman–Crippen LogP) is 4.17. The molecule has 0 bridgehead atoms. The molecule has 3 aromatic rings. The minimum atomic E-state index is -0.244. The number of benzene rings is 2. The van der Waals surface area contributed by atoms with E-state index in [2.05, 4.69) is 27.4 Å². The summed E-state index contributed by atoms with van der Waals surface area (Å²) in [5.74, 6) is 1.23. The van der Waals surface area contributed by atoms with Gasteiger partial charge in [-0.15, -0.1) is 0 Å². The van der Waals surface area contributed by atoms with E-state index in [0.29, 0.717) is 11.4 Å². The molecule has 7 nitrogen and oxygen atoms in total. The number of likely N-dealkylation sites (tertiary alicyclic amines) is 1. The first-order valence-electron chi connectivity index (χ1n) is 10.6. The summed E-state index contributed by atoms with van der Waals surface area (Å²) in [4.78, 5) is 15.0. The fourth-order valence-electron chi connectivity index (χ4n) is 3.63. The number of hydrogen-bond acceptors (Lipinski definition) is 5. The Kier molecular flexibility index (Phi) is 6.84. The third-order valence-electron chi connectivity index (χ3n) is 5.36. The molecule has 7 heteroatoms. The van der Waals surface area contributed by atoms with Crippen LogP contribution in [0.25, 0.3) is 0 Å². The average Bonchev–Trinajstić information content (AvgIpc) is 3.29. The number of nitrogens with one attached hydrogen (secondary N) is 1. The SMILES string of the molecule is COc1ccc(OCn2ccc(C(=O)Nc3ccc(CN4CCCCC4)cc3)n2)cc1. The van der Waals surface area contributed by atoms with Crippen LogP contribution in [0.15, 0.2) is 60.8 Å². The maximum absolute atomic E-state index is 12.5. The number of carbonyl (C=O) groups is 1. The van der Waals surface area contributed by atoms with Gasteiger partial charge in [-0.2, -0.15) is 5.10 Å². The summed E-state index contributed by atoms with van der Waals surface area (Å²) in [5, 5.41) is 7.20. The number of carbonyl (C=O) groups excluding carboxylic acids is 1. The molecule has 0 atom stereocenters. The summed E-state index contributed by atoms with van der Waals surface area (Å²) < 4.78 is 12.4. The third-order valence-corrected chi connectivity index (χ3v) is 5.36. The largest absolute Gasteiger partial charge is 0.497 e. The van der Waals surface area contributed by atoms with Crippen molar-refractivity contribution < 1.29 is 14.3 Å². The summed E-state index contributed by atoms with van der Waals surface area (Å²) in [5.41, 5.74) is 2.37. The molecule has 162 valence electrons. The lowest BCUT2D eigenvalue weighted by molar-refractivity contribution is 0.102. The summed E-state index contributed by atoms with van der Waals surface area (Å²) in [6.45, 7) is 3.52. The molecule has 1 N–H and O–H groups in total. The average molecular weight is 421 g/mol. The molecule has 0 radical (unpaired) electrons. The second kappa shape index (κ2) is 10.1. The first kappa shape index (κ1) is 20.9. The van der Waals surface area contributed by atoms with Gasteiger partial charge < -0.3 is 14.8 Å². The maximum atomic E-state index is 12.5. The Morgan fingerprint density at radius 3 is 2.39 bits per heavy atom. The monoisotopic (exact) mass is 420 g/mol. The summed E-state index contributed by atoms with van der Waals surface area (Å²) >= 11 is 0. The molecule has 2 heterocycles. The number of rotatable bonds is 8. The minimum Gasteiger partial charge on any atom is -0.497 e. The molecule has 0 saturated carbocycles. The smallest absolute Gasteiger partial charge is 0.276 e. The summed E-state index contributed by atoms with van der Waals surface area (Å²) in [6.07, 6.45) is 5.63. The van der Waals surface area contributed by atoms with Gasteiger partial charge in [0, 0.05) is 18.4 Å². The van der Waals surface area contributed by atoms with Crippen molar-refractivity contribution in [3.8, 4) is 11.5 Å². The maximum Gasteiger partial charge on any atom is 0.276 e. The van der Waals surface area contributed by atoms with E-state index in [4.69, 9.17) is 9.47 Å². The van der Waals surface area contributed by atoms with E-state index < -0.39 is 0 Å². The zero-order valence-electron chi connectivity index (χ0n) is 17.8. The van der Waals surface area contributed by atoms with Crippen molar-refractivity contribution in [3.05, 3.63) is 72.1 Å². The predicted molar refractivity (Wildman–Crippen MR) is 119 cm³/mol. The second-order valence-corrected chi connectivity index (χ2v) is 7.68. The number of piperidine rings is 1. The van der Waals surface area contributed by atoms with Crippen LogP contribution >= 0.6 is 0 Å². The van der Waals surface area contributed by atoms with Crippen LogP contribution < -0.4 is 14.8 Å². The number of amides is 1. The van der Waals surface area contributed by atoms with Crippen LogP contribution in [0, 0.1) is 0 Å². The second-order valence-electron chi connectivity index (χ2n) is 7.68. The Morgan fingerprint density at radius 1 is 0.968 bits per heavy atom. The number of methoxy groups -OCH3 is 1. The lowest BCUT2D eigenvalue weighted by atomic mass is 10.1. The molecule has 1 saturated heterocycles. The zero-order valence-corrected chi connectivity index (χ0v) is 17.8. The fourth-order valence-corrected chi connectivity index (χ4v) is 3.63. The van der Waals surface area contributed by atoms with E-state index in [1.54, 1.807) is 24.1 Å². The molecule has 1 aliphatic rings. The molecule has 1 aliphatic heterocycles. The molecule has 4 rings (SSSR count). The summed E-state index contributed by atoms with van der Waals surface area (Å²) in [6, 6.07) is 17.0. The summed E-state index contributed by atoms with van der Waals surface area (Å²) in [7, 11) is 1.62. The number of aromatic nitrogens is 2. The van der Waals surface area contributed by atoms with E-state index in [1.807, 2.05) is 36.4 Å². The van der Waals surface area contributed by atoms with Crippen LogP contribution in [0.5, 0.6) is 11.5 Å². The van der Waals surface area contributed by atoms with E-state index in [0.717, 1.165) is 18.0 Å². The van der Waals surface area contributed by atoms with Crippen LogP contribution in [0.1, 0.15) is 35.3 Å². The Bertz CT molecular complexity index is 977. The van der Waals surface area contributed by atoms with Crippen molar-refractivity contribution in [2.24, 2.45) is 0 Å². The third kappa shape index (κ3) is 5.86. The van der Waals surface area contributed by atoms with Gasteiger partial charge in [-0.05, 0) is 74.0 Å². The molecule has 0 aliphatic carbocycles. The molecular formula is C24H28N4O3. The van der Waals surface area contributed by atoms with Crippen molar-refractivity contribution in [1.29, 1.82) is 0 Å². The van der Waals surface area contributed by atoms with Gasteiger partial charge in [-0.25, -0.2) is 4.68 Å². The van der Waals surface area contributed by atoms with Gasteiger partial charge in [0.25, 0.3) is 5.91 Å². The zero-order chi connectivity index (χ0) is 21.5. The molecule has 31 heavy (non-hydrogen) atoms. The van der Waals surface area contributed by atoms with Gasteiger partial charge in [-0.3, -0.25) is 9.69 Å². The van der Waals surface area contributed by atoms with Crippen molar-refractivity contribution in [3.63, 3.8) is 0 Å². The molecule has 0 unspecified atom stereocenters. The number of anilines is 1. The van der Waals surface area contributed by atoms with E-state index in [1.165, 1.54) is 37.9 Å². The lowest BCUT2D eigenvalue weighted by Crippen LogP contribution is -2.29. The number of ether oxygens (including phenoxy) is 2. The molecule has 0 spiro atoms. The van der Waals surface area contributed by atoms with E-state index >= 15 is 0 Å². The highest BCUT2D eigenvalue weighted by atomic mass is 16.5. The normalized spacial score (nSPS) is 14.2. The van der Waals surface area contributed by atoms with Gasteiger partial charge in [-0.1, -0.05) is 18.6 Å². The Balaban J connectivity index is 1.28. The van der Waals surface area contributed by atoms with Crippen molar-refractivity contribution in [2.45, 2.75) is 32.5 Å². The molecule has 1 amide bonds. The van der Waals surface area contributed by atoms with E-state index in [-0.39, 0.29) is 12.6 Å². The standard InChI is InChI=1S/C24H28N4O3/c1-30-21-9-11-22(12-10-21)31-18-28-16-13-23(26-28)24(29)25-20-7-5-19(6-8-20)17-27-14-3-2-4-15-27/h5-13,16H,2-4,14-15,17-18H2,1H3,(H,25,29).